The molecule has 0 aromatic rings. The Labute approximate surface area is 65.1 Å². The third-order valence-corrected chi connectivity index (χ3v) is 1.72. The number of hydrogen-bond donors (Lipinski definition) is 1. The van der Waals surface area contributed by atoms with Gasteiger partial charge in [0, 0.05) is 10.7 Å². The SMILES string of the molecule is Br[C]1C=CC(Br)=CN1. The van der Waals surface area contributed by atoms with Gasteiger partial charge >= 0.3 is 0 Å². The summed E-state index contributed by atoms with van der Waals surface area (Å²) in [6.07, 6.45) is 5.76. The highest BCUT2D eigenvalue weighted by Crippen LogP contribution is 2.17. The summed E-state index contributed by atoms with van der Waals surface area (Å²) < 4.78 is 1.06. The van der Waals surface area contributed by atoms with E-state index in [0.29, 0.717) is 0 Å². The molecule has 43 valence electrons. The molecule has 1 N–H and O–H groups in total. The Balaban J connectivity index is 2.58. The number of halogens is 2. The highest BCUT2D eigenvalue weighted by atomic mass is 79.9. The summed E-state index contributed by atoms with van der Waals surface area (Å²) in [5, 5.41) is 2.97. The van der Waals surface area contributed by atoms with Gasteiger partial charge in [-0.2, -0.15) is 0 Å². The van der Waals surface area contributed by atoms with E-state index >= 15 is 0 Å². The molecule has 1 heterocycles. The van der Waals surface area contributed by atoms with Gasteiger partial charge < -0.3 is 5.32 Å². The van der Waals surface area contributed by atoms with E-state index < -0.39 is 0 Å². The molecule has 1 rings (SSSR count). The Morgan fingerprint density at radius 1 is 1.25 bits per heavy atom. The molecule has 0 amide bonds. The summed E-state index contributed by atoms with van der Waals surface area (Å²) in [5.41, 5.74) is 0. The van der Waals surface area contributed by atoms with Crippen LogP contribution in [0.3, 0.4) is 0 Å². The van der Waals surface area contributed by atoms with Crippen LogP contribution in [0.1, 0.15) is 0 Å². The van der Waals surface area contributed by atoms with E-state index in [9.17, 15) is 0 Å². The van der Waals surface area contributed by atoms with Crippen LogP contribution in [0.4, 0.5) is 0 Å². The summed E-state index contributed by atoms with van der Waals surface area (Å²) in [5.74, 6) is 0. The second-order valence-corrected chi connectivity index (χ2v) is 3.12. The number of allylic oxidation sites excluding steroid dienone is 2. The van der Waals surface area contributed by atoms with E-state index in [-0.39, 0.29) is 0 Å². The lowest BCUT2D eigenvalue weighted by Crippen LogP contribution is -2.08. The first-order chi connectivity index (χ1) is 3.79. The molecule has 0 unspecified atom stereocenters. The number of hydrogen-bond acceptors (Lipinski definition) is 1. The monoisotopic (exact) mass is 236 g/mol. The largest absolute Gasteiger partial charge is 0.369 e. The van der Waals surface area contributed by atoms with Crippen LogP contribution in [0.5, 0.6) is 0 Å². The van der Waals surface area contributed by atoms with Crippen LogP contribution >= 0.6 is 31.9 Å². The zero-order valence-electron chi connectivity index (χ0n) is 3.99. The lowest BCUT2D eigenvalue weighted by atomic mass is 10.4. The normalized spacial score (nSPS) is 20.0. The van der Waals surface area contributed by atoms with Gasteiger partial charge in [0.05, 0.1) is 0 Å². The highest BCUT2D eigenvalue weighted by Gasteiger charge is 1.99. The fraction of sp³-hybridized carbons (Fsp3) is 0. The Morgan fingerprint density at radius 2 is 2.00 bits per heavy atom. The van der Waals surface area contributed by atoms with Crippen molar-refractivity contribution < 1.29 is 0 Å². The van der Waals surface area contributed by atoms with Crippen LogP contribution < -0.4 is 5.32 Å². The molecule has 0 saturated carbocycles. The van der Waals surface area contributed by atoms with Gasteiger partial charge in [-0.3, -0.25) is 0 Å². The Hall–Kier alpha value is 0.240. The molecule has 1 radical (unpaired) electrons. The summed E-state index contributed by atoms with van der Waals surface area (Å²) in [6.45, 7) is 0. The minimum atomic E-state index is 0.987. The van der Waals surface area contributed by atoms with Crippen LogP contribution in [0.25, 0.3) is 0 Å². The molecular weight excluding hydrogens is 234 g/mol. The predicted molar refractivity (Wildman–Crippen MR) is 41.5 cm³/mol. The van der Waals surface area contributed by atoms with Crippen molar-refractivity contribution in [2.45, 2.75) is 0 Å². The fourth-order valence-corrected chi connectivity index (χ4v) is 0.880. The number of nitrogens with one attached hydrogen (secondary N) is 1. The highest BCUT2D eigenvalue weighted by molar-refractivity contribution is 9.12. The van der Waals surface area contributed by atoms with E-state index in [1.165, 1.54) is 0 Å². The van der Waals surface area contributed by atoms with Gasteiger partial charge in [0.25, 0.3) is 0 Å². The van der Waals surface area contributed by atoms with Crippen LogP contribution in [0, 0.1) is 4.95 Å². The van der Waals surface area contributed by atoms with Crippen molar-refractivity contribution in [1.29, 1.82) is 0 Å². The molecule has 0 spiro atoms. The molecule has 1 nitrogen and oxygen atoms in total. The summed E-state index contributed by atoms with van der Waals surface area (Å²) in [7, 11) is 0. The van der Waals surface area contributed by atoms with E-state index in [1.807, 2.05) is 18.4 Å². The zero-order valence-corrected chi connectivity index (χ0v) is 7.16. The van der Waals surface area contributed by atoms with Gasteiger partial charge in [0.15, 0.2) is 0 Å². The van der Waals surface area contributed by atoms with Crippen molar-refractivity contribution in [3.05, 3.63) is 27.8 Å². The molecule has 8 heavy (non-hydrogen) atoms. The molecular formula is C5H4Br2N. The fourth-order valence-electron chi connectivity index (χ4n) is 0.387. The summed E-state index contributed by atoms with van der Waals surface area (Å²) >= 11 is 6.56. The maximum absolute atomic E-state index is 3.29. The Morgan fingerprint density at radius 3 is 2.38 bits per heavy atom. The van der Waals surface area contributed by atoms with Crippen molar-refractivity contribution in [3.8, 4) is 0 Å². The van der Waals surface area contributed by atoms with E-state index in [4.69, 9.17) is 0 Å². The molecule has 0 saturated heterocycles. The standard InChI is InChI=1S/C5H4Br2N/c6-4-1-2-5(7)8-3-4/h1-3,8H. The molecule has 3 heteroatoms. The molecule has 0 atom stereocenters. The summed E-state index contributed by atoms with van der Waals surface area (Å²) in [6, 6.07) is 0. The third kappa shape index (κ3) is 1.63. The van der Waals surface area contributed by atoms with Gasteiger partial charge in [0.1, 0.15) is 4.95 Å². The van der Waals surface area contributed by atoms with Gasteiger partial charge in [-0.1, -0.05) is 15.9 Å². The first kappa shape index (κ1) is 6.36. The second kappa shape index (κ2) is 2.69. The van der Waals surface area contributed by atoms with Gasteiger partial charge in [-0.05, 0) is 28.1 Å². The quantitative estimate of drug-likeness (QED) is 0.638. The molecule has 1 aliphatic rings. The smallest absolute Gasteiger partial charge is 0.149 e. The van der Waals surface area contributed by atoms with Crippen LogP contribution in [0.15, 0.2) is 22.8 Å². The zero-order chi connectivity index (χ0) is 5.98. The minimum Gasteiger partial charge on any atom is -0.369 e. The van der Waals surface area contributed by atoms with Gasteiger partial charge in [-0.15, -0.1) is 0 Å². The number of rotatable bonds is 0. The van der Waals surface area contributed by atoms with Gasteiger partial charge in [-0.25, -0.2) is 0 Å². The van der Waals surface area contributed by atoms with E-state index in [0.717, 1.165) is 9.43 Å². The van der Waals surface area contributed by atoms with E-state index in [1.54, 1.807) is 0 Å². The van der Waals surface area contributed by atoms with Crippen LogP contribution in [0.2, 0.25) is 0 Å². The maximum atomic E-state index is 3.29. The molecule has 0 aliphatic carbocycles. The van der Waals surface area contributed by atoms with Crippen molar-refractivity contribution >= 4 is 31.9 Å². The molecule has 0 aromatic heterocycles. The average molecular weight is 238 g/mol. The summed E-state index contributed by atoms with van der Waals surface area (Å²) in [4.78, 5) is 0.987. The Bertz CT molecular complexity index is 139. The van der Waals surface area contributed by atoms with Crippen LogP contribution in [-0.2, 0) is 0 Å². The molecule has 0 aromatic carbocycles. The topological polar surface area (TPSA) is 12.0 Å². The third-order valence-electron chi connectivity index (χ3n) is 0.737. The predicted octanol–water partition coefficient (Wildman–Crippen LogP) is 2.27. The molecule has 1 aliphatic heterocycles. The lowest BCUT2D eigenvalue weighted by Gasteiger charge is -2.06. The second-order valence-electron chi connectivity index (χ2n) is 1.35. The average Bonchev–Trinajstić information content (AvgIpc) is 1.77. The minimum absolute atomic E-state index is 0.987. The van der Waals surface area contributed by atoms with E-state index in [2.05, 4.69) is 37.2 Å². The first-order valence-corrected chi connectivity index (χ1v) is 3.70. The Kier molecular flexibility index (Phi) is 2.14. The van der Waals surface area contributed by atoms with Gasteiger partial charge in [0.2, 0.25) is 0 Å². The number of dihydropyridines is 1. The maximum Gasteiger partial charge on any atom is 0.149 e. The van der Waals surface area contributed by atoms with Crippen molar-refractivity contribution in [3.63, 3.8) is 0 Å². The van der Waals surface area contributed by atoms with Crippen LogP contribution in [-0.4, -0.2) is 0 Å². The first-order valence-electron chi connectivity index (χ1n) is 2.12. The molecule has 0 fully saturated rings. The molecule has 0 bridgehead atoms. The van der Waals surface area contributed by atoms with Crippen molar-refractivity contribution in [2.24, 2.45) is 0 Å². The lowest BCUT2D eigenvalue weighted by molar-refractivity contribution is 1.06. The van der Waals surface area contributed by atoms with Crippen molar-refractivity contribution in [2.75, 3.05) is 0 Å². The van der Waals surface area contributed by atoms with Crippen molar-refractivity contribution in [1.82, 2.24) is 5.32 Å².